The Morgan fingerprint density at radius 2 is 2.17 bits per heavy atom. The Morgan fingerprint density at radius 3 is 2.92 bits per heavy atom. The summed E-state index contributed by atoms with van der Waals surface area (Å²) in [6.07, 6.45) is 3.36. The van der Waals surface area contributed by atoms with Crippen molar-refractivity contribution < 1.29 is 9.72 Å². The molecule has 1 aromatic heterocycles. The van der Waals surface area contributed by atoms with Crippen LogP contribution in [-0.2, 0) is 0 Å². The van der Waals surface area contributed by atoms with Crippen LogP contribution in [0.3, 0.4) is 0 Å². The number of nitrogens with zero attached hydrogens (tertiary/aromatic N) is 2. The number of hydrazine groups is 1. The van der Waals surface area contributed by atoms with Gasteiger partial charge in [0, 0.05) is 41.5 Å². The zero-order valence-electron chi connectivity index (χ0n) is 12.4. The van der Waals surface area contributed by atoms with E-state index in [0.717, 1.165) is 10.0 Å². The summed E-state index contributed by atoms with van der Waals surface area (Å²) < 4.78 is 0.724. The van der Waals surface area contributed by atoms with Gasteiger partial charge in [-0.3, -0.25) is 19.9 Å². The number of hydrogen-bond acceptors (Lipinski definition) is 6. The number of benzene rings is 1. The van der Waals surface area contributed by atoms with E-state index >= 15 is 0 Å². The van der Waals surface area contributed by atoms with Crippen LogP contribution >= 0.6 is 15.9 Å². The van der Waals surface area contributed by atoms with Crippen LogP contribution < -0.4 is 16.2 Å². The maximum absolute atomic E-state index is 12.2. The molecule has 8 nitrogen and oxygen atoms in total. The maximum atomic E-state index is 12.2. The summed E-state index contributed by atoms with van der Waals surface area (Å²) in [6.45, 7) is 0. The van der Waals surface area contributed by atoms with Crippen molar-refractivity contribution >= 4 is 27.5 Å². The second kappa shape index (κ2) is 7.04. The number of nitrogens with one attached hydrogen (secondary N) is 3. The minimum atomic E-state index is -0.425. The summed E-state index contributed by atoms with van der Waals surface area (Å²) in [4.78, 5) is 26.6. The molecule has 0 radical (unpaired) electrons. The van der Waals surface area contributed by atoms with E-state index in [2.05, 4.69) is 37.1 Å². The van der Waals surface area contributed by atoms with Crippen molar-refractivity contribution in [3.05, 3.63) is 68.4 Å². The number of amides is 1. The largest absolute Gasteiger partial charge is 0.335 e. The van der Waals surface area contributed by atoms with Crippen molar-refractivity contribution in [3.8, 4) is 0 Å². The number of non-ortho nitro benzene ring substituents is 1. The molecule has 2 heterocycles. The van der Waals surface area contributed by atoms with Crippen molar-refractivity contribution in [3.63, 3.8) is 0 Å². The molecule has 0 spiro atoms. The lowest BCUT2D eigenvalue weighted by Crippen LogP contribution is -2.44. The van der Waals surface area contributed by atoms with Crippen molar-refractivity contribution in [2.75, 3.05) is 0 Å². The van der Waals surface area contributed by atoms with Gasteiger partial charge in [-0.25, -0.2) is 10.9 Å². The Morgan fingerprint density at radius 1 is 1.33 bits per heavy atom. The van der Waals surface area contributed by atoms with E-state index in [1.54, 1.807) is 18.3 Å². The summed E-state index contributed by atoms with van der Waals surface area (Å²) in [5, 5.41) is 13.7. The minimum Gasteiger partial charge on any atom is -0.335 e. The first-order valence-corrected chi connectivity index (χ1v) is 7.99. The molecule has 3 N–H and O–H groups in total. The molecule has 1 aliphatic heterocycles. The Hall–Kier alpha value is -2.36. The number of nitro benzene ring substituents is 1. The van der Waals surface area contributed by atoms with Gasteiger partial charge in [-0.2, -0.15) is 0 Å². The van der Waals surface area contributed by atoms with Gasteiger partial charge in [0.25, 0.3) is 11.6 Å². The molecule has 24 heavy (non-hydrogen) atoms. The Kier molecular flexibility index (Phi) is 4.84. The predicted molar refractivity (Wildman–Crippen MR) is 89.9 cm³/mol. The molecule has 9 heteroatoms. The quantitative estimate of drug-likeness (QED) is 0.543. The number of rotatable bonds is 4. The van der Waals surface area contributed by atoms with Crippen LogP contribution in [0.4, 0.5) is 5.69 Å². The van der Waals surface area contributed by atoms with E-state index < -0.39 is 4.92 Å². The zero-order valence-corrected chi connectivity index (χ0v) is 14.0. The van der Waals surface area contributed by atoms with Gasteiger partial charge >= 0.3 is 0 Å². The van der Waals surface area contributed by atoms with Gasteiger partial charge in [0.1, 0.15) is 0 Å². The average Bonchev–Trinajstić information content (AvgIpc) is 3.03. The highest BCUT2D eigenvalue weighted by Crippen LogP contribution is 2.24. The van der Waals surface area contributed by atoms with E-state index in [4.69, 9.17) is 0 Å². The molecule has 2 aromatic rings. The van der Waals surface area contributed by atoms with Crippen molar-refractivity contribution in [2.24, 2.45) is 0 Å². The van der Waals surface area contributed by atoms with Gasteiger partial charge < -0.3 is 5.32 Å². The van der Waals surface area contributed by atoms with Gasteiger partial charge in [-0.05, 0) is 27.6 Å². The van der Waals surface area contributed by atoms with Crippen LogP contribution in [0.5, 0.6) is 0 Å². The molecular weight excluding hydrogens is 378 g/mol. The fourth-order valence-corrected chi connectivity index (χ4v) is 2.87. The minimum absolute atomic E-state index is 0.0435. The number of nitro groups is 1. The molecule has 1 aromatic carbocycles. The number of halogens is 1. The third-order valence-corrected chi connectivity index (χ3v) is 4.09. The van der Waals surface area contributed by atoms with Crippen molar-refractivity contribution in [2.45, 2.75) is 18.6 Å². The molecule has 1 amide bonds. The average molecular weight is 392 g/mol. The first-order valence-electron chi connectivity index (χ1n) is 7.20. The van der Waals surface area contributed by atoms with Crippen LogP contribution in [-0.4, -0.2) is 22.0 Å². The molecular formula is C15H14BrN5O3. The van der Waals surface area contributed by atoms with Crippen LogP contribution in [0.1, 0.15) is 28.4 Å². The van der Waals surface area contributed by atoms with Crippen LogP contribution in [0.25, 0.3) is 0 Å². The second-order valence-corrected chi connectivity index (χ2v) is 6.26. The van der Waals surface area contributed by atoms with Crippen LogP contribution in [0, 0.1) is 10.1 Å². The zero-order chi connectivity index (χ0) is 17.1. The lowest BCUT2D eigenvalue weighted by atomic mass is 10.0. The molecule has 0 saturated carbocycles. The van der Waals surface area contributed by atoms with E-state index in [-0.39, 0.29) is 23.8 Å². The van der Waals surface area contributed by atoms with Crippen LogP contribution in [0.15, 0.2) is 47.2 Å². The van der Waals surface area contributed by atoms with E-state index in [1.807, 2.05) is 6.07 Å². The van der Waals surface area contributed by atoms with Gasteiger partial charge in [0.15, 0.2) is 0 Å². The second-order valence-electron chi connectivity index (χ2n) is 5.35. The number of carbonyl (C=O) groups is 1. The highest BCUT2D eigenvalue weighted by Gasteiger charge is 2.27. The van der Waals surface area contributed by atoms with Crippen molar-refractivity contribution in [1.29, 1.82) is 0 Å². The molecule has 0 aliphatic carbocycles. The molecule has 3 rings (SSSR count). The Labute approximate surface area is 145 Å². The van der Waals surface area contributed by atoms with Gasteiger partial charge in [0.2, 0.25) is 0 Å². The molecule has 2 unspecified atom stereocenters. The summed E-state index contributed by atoms with van der Waals surface area (Å²) in [5.41, 5.74) is 7.31. The predicted octanol–water partition coefficient (Wildman–Crippen LogP) is 2.05. The monoisotopic (exact) mass is 391 g/mol. The van der Waals surface area contributed by atoms with Gasteiger partial charge in [-0.1, -0.05) is 12.1 Å². The van der Waals surface area contributed by atoms with E-state index in [9.17, 15) is 14.9 Å². The third kappa shape index (κ3) is 3.75. The molecule has 1 aliphatic rings. The SMILES string of the molecule is O=C(NC1CC(c2cccc([N+](=O)[O-])c2)NN1)c1cncc(Br)c1. The highest BCUT2D eigenvalue weighted by molar-refractivity contribution is 9.10. The maximum Gasteiger partial charge on any atom is 0.269 e. The summed E-state index contributed by atoms with van der Waals surface area (Å²) in [6, 6.07) is 8.00. The Balaban J connectivity index is 1.64. The van der Waals surface area contributed by atoms with E-state index in [0.29, 0.717) is 12.0 Å². The third-order valence-electron chi connectivity index (χ3n) is 3.66. The number of carbonyl (C=O) groups excluding carboxylic acids is 1. The smallest absolute Gasteiger partial charge is 0.269 e. The first kappa shape index (κ1) is 16.5. The molecule has 2 atom stereocenters. The lowest BCUT2D eigenvalue weighted by molar-refractivity contribution is -0.384. The first-order chi connectivity index (χ1) is 11.5. The Bertz CT molecular complexity index is 785. The topological polar surface area (TPSA) is 109 Å². The van der Waals surface area contributed by atoms with Gasteiger partial charge in [0.05, 0.1) is 16.7 Å². The standard InChI is InChI=1S/C15H14BrN5O3/c16-11-4-10(7-17-8-11)15(22)18-14-6-13(19-20-14)9-2-1-3-12(5-9)21(23)24/h1-5,7-8,13-14,19-20H,6H2,(H,18,22). The lowest BCUT2D eigenvalue weighted by Gasteiger charge is -2.12. The normalized spacial score (nSPS) is 19.9. The molecule has 0 bridgehead atoms. The summed E-state index contributed by atoms with van der Waals surface area (Å²) >= 11 is 3.28. The highest BCUT2D eigenvalue weighted by atomic mass is 79.9. The van der Waals surface area contributed by atoms with Crippen molar-refractivity contribution in [1.82, 2.24) is 21.2 Å². The summed E-state index contributed by atoms with van der Waals surface area (Å²) in [7, 11) is 0. The number of hydrogen-bond donors (Lipinski definition) is 3. The summed E-state index contributed by atoms with van der Waals surface area (Å²) in [5.74, 6) is -0.247. The molecule has 1 fully saturated rings. The number of aromatic nitrogens is 1. The van der Waals surface area contributed by atoms with Crippen LogP contribution in [0.2, 0.25) is 0 Å². The van der Waals surface area contributed by atoms with Gasteiger partial charge in [-0.15, -0.1) is 0 Å². The molecule has 1 saturated heterocycles. The molecule has 124 valence electrons. The fraction of sp³-hybridized carbons (Fsp3) is 0.200. The fourth-order valence-electron chi connectivity index (χ4n) is 2.50. The number of pyridine rings is 1. The van der Waals surface area contributed by atoms with E-state index in [1.165, 1.54) is 18.3 Å².